The minimum Gasteiger partial charge on any atom is -0.397 e. The molecule has 0 atom stereocenters. The van der Waals surface area contributed by atoms with Crippen LogP contribution in [0.2, 0.25) is 0 Å². The molecule has 150 valence electrons. The van der Waals surface area contributed by atoms with Crippen LogP contribution in [0.15, 0.2) is 34.9 Å². The zero-order chi connectivity index (χ0) is 20.8. The van der Waals surface area contributed by atoms with Gasteiger partial charge in [0.1, 0.15) is 9.71 Å². The SMILES string of the molecule is COCc1cc(C)nc2sc(-c3nc(-c4ccc(C(F)(F)F)cc4)no3)c(N)c12. The Hall–Kier alpha value is -2.98. The van der Waals surface area contributed by atoms with Crippen molar-refractivity contribution >= 4 is 27.2 Å². The molecule has 1 aromatic carbocycles. The number of methoxy groups -OCH3 is 1. The quantitative estimate of drug-likeness (QED) is 0.496. The van der Waals surface area contributed by atoms with Gasteiger partial charge in [0, 0.05) is 23.8 Å². The molecule has 10 heteroatoms. The van der Waals surface area contributed by atoms with Crippen LogP contribution in [0.3, 0.4) is 0 Å². The molecule has 2 N–H and O–H groups in total. The number of benzene rings is 1. The Kier molecular flexibility index (Phi) is 4.75. The number of fused-ring (bicyclic) bond motifs is 1. The summed E-state index contributed by atoms with van der Waals surface area (Å²) in [6.07, 6.45) is -4.41. The lowest BCUT2D eigenvalue weighted by atomic mass is 10.1. The molecule has 0 spiro atoms. The molecule has 0 fully saturated rings. The van der Waals surface area contributed by atoms with Crippen LogP contribution in [-0.4, -0.2) is 22.2 Å². The van der Waals surface area contributed by atoms with E-state index in [1.807, 2.05) is 13.0 Å². The van der Waals surface area contributed by atoms with Crippen molar-refractivity contribution in [2.45, 2.75) is 19.7 Å². The summed E-state index contributed by atoms with van der Waals surface area (Å²) >= 11 is 1.31. The Morgan fingerprint density at radius 2 is 1.90 bits per heavy atom. The Morgan fingerprint density at radius 3 is 2.55 bits per heavy atom. The van der Waals surface area contributed by atoms with Gasteiger partial charge in [0.15, 0.2) is 0 Å². The lowest BCUT2D eigenvalue weighted by Crippen LogP contribution is -2.04. The average Bonchev–Trinajstić information content (AvgIpc) is 3.26. The first-order valence-corrected chi connectivity index (χ1v) is 9.28. The highest BCUT2D eigenvalue weighted by Crippen LogP contribution is 2.41. The third-order valence-corrected chi connectivity index (χ3v) is 5.39. The van der Waals surface area contributed by atoms with Crippen molar-refractivity contribution in [3.63, 3.8) is 0 Å². The summed E-state index contributed by atoms with van der Waals surface area (Å²) in [5, 5.41) is 4.65. The summed E-state index contributed by atoms with van der Waals surface area (Å²) in [6, 6.07) is 6.45. The molecule has 0 unspecified atom stereocenters. The Labute approximate surface area is 167 Å². The second kappa shape index (κ2) is 7.12. The van der Waals surface area contributed by atoms with Crippen LogP contribution in [0.1, 0.15) is 16.8 Å². The number of nitrogens with two attached hydrogens (primary N) is 1. The van der Waals surface area contributed by atoms with E-state index < -0.39 is 11.7 Å². The number of ether oxygens (including phenoxy) is 1. The molecule has 0 bridgehead atoms. The first-order valence-electron chi connectivity index (χ1n) is 8.47. The number of thiophene rings is 1. The van der Waals surface area contributed by atoms with E-state index in [9.17, 15) is 13.2 Å². The first kappa shape index (κ1) is 19.3. The summed E-state index contributed by atoms with van der Waals surface area (Å²) < 4.78 is 48.8. The maximum Gasteiger partial charge on any atom is 0.416 e. The molecule has 3 heterocycles. The summed E-state index contributed by atoms with van der Waals surface area (Å²) in [5.74, 6) is 0.355. The second-order valence-electron chi connectivity index (χ2n) is 6.38. The fourth-order valence-corrected chi connectivity index (χ4v) is 4.12. The number of pyridine rings is 1. The summed E-state index contributed by atoms with van der Waals surface area (Å²) in [5.41, 5.74) is 8.17. The first-order chi connectivity index (χ1) is 13.8. The van der Waals surface area contributed by atoms with Crippen molar-refractivity contribution in [2.75, 3.05) is 12.8 Å². The molecule has 4 aromatic rings. The van der Waals surface area contributed by atoms with E-state index >= 15 is 0 Å². The highest BCUT2D eigenvalue weighted by Gasteiger charge is 2.30. The van der Waals surface area contributed by atoms with Crippen LogP contribution in [-0.2, 0) is 17.5 Å². The van der Waals surface area contributed by atoms with E-state index in [-0.39, 0.29) is 11.7 Å². The summed E-state index contributed by atoms with van der Waals surface area (Å²) in [4.78, 5) is 10.1. The van der Waals surface area contributed by atoms with Crippen LogP contribution in [0, 0.1) is 6.92 Å². The normalized spacial score (nSPS) is 12.0. The van der Waals surface area contributed by atoms with Gasteiger partial charge in [-0.2, -0.15) is 18.2 Å². The topological polar surface area (TPSA) is 87.1 Å². The average molecular weight is 420 g/mol. The molecule has 6 nitrogen and oxygen atoms in total. The van der Waals surface area contributed by atoms with Crippen molar-refractivity contribution in [2.24, 2.45) is 0 Å². The third kappa shape index (κ3) is 3.56. The van der Waals surface area contributed by atoms with E-state index in [1.165, 1.54) is 23.5 Å². The highest BCUT2D eigenvalue weighted by molar-refractivity contribution is 7.22. The van der Waals surface area contributed by atoms with Gasteiger partial charge >= 0.3 is 6.18 Å². The van der Waals surface area contributed by atoms with Crippen molar-refractivity contribution < 1.29 is 22.4 Å². The molecular weight excluding hydrogens is 405 g/mol. The van der Waals surface area contributed by atoms with Gasteiger partial charge in [0.2, 0.25) is 5.82 Å². The third-order valence-electron chi connectivity index (χ3n) is 4.30. The number of nitrogen functional groups attached to an aromatic ring is 1. The number of halogens is 3. The molecule has 4 rings (SSSR count). The fraction of sp³-hybridized carbons (Fsp3) is 0.211. The van der Waals surface area contributed by atoms with Gasteiger partial charge < -0.3 is 15.0 Å². The molecule has 29 heavy (non-hydrogen) atoms. The fourth-order valence-electron chi connectivity index (χ4n) is 3.01. The smallest absolute Gasteiger partial charge is 0.397 e. The number of aromatic nitrogens is 3. The van der Waals surface area contributed by atoms with Crippen molar-refractivity contribution in [1.82, 2.24) is 15.1 Å². The maximum atomic E-state index is 12.7. The maximum absolute atomic E-state index is 12.7. The monoisotopic (exact) mass is 420 g/mol. The van der Waals surface area contributed by atoms with Gasteiger partial charge in [0.25, 0.3) is 5.89 Å². The van der Waals surface area contributed by atoms with Crippen LogP contribution < -0.4 is 5.73 Å². The number of anilines is 1. The van der Waals surface area contributed by atoms with Gasteiger partial charge in [-0.15, -0.1) is 11.3 Å². The van der Waals surface area contributed by atoms with E-state index in [0.29, 0.717) is 22.7 Å². The Morgan fingerprint density at radius 1 is 1.17 bits per heavy atom. The molecule has 0 saturated heterocycles. The number of rotatable bonds is 4. The van der Waals surface area contributed by atoms with E-state index in [2.05, 4.69) is 15.1 Å². The van der Waals surface area contributed by atoms with E-state index in [1.54, 1.807) is 7.11 Å². The lowest BCUT2D eigenvalue weighted by Gasteiger charge is -2.05. The number of alkyl halides is 3. The number of hydrogen-bond donors (Lipinski definition) is 1. The van der Waals surface area contributed by atoms with E-state index in [0.717, 1.165) is 33.6 Å². The molecular formula is C19H15F3N4O2S. The van der Waals surface area contributed by atoms with Crippen molar-refractivity contribution in [1.29, 1.82) is 0 Å². The predicted molar refractivity (Wildman–Crippen MR) is 103 cm³/mol. The largest absolute Gasteiger partial charge is 0.416 e. The van der Waals surface area contributed by atoms with Crippen LogP contribution >= 0.6 is 11.3 Å². The van der Waals surface area contributed by atoms with Crippen molar-refractivity contribution in [3.8, 4) is 22.2 Å². The molecule has 0 amide bonds. The lowest BCUT2D eigenvalue weighted by molar-refractivity contribution is -0.137. The molecule has 0 aliphatic rings. The second-order valence-corrected chi connectivity index (χ2v) is 7.38. The zero-order valence-electron chi connectivity index (χ0n) is 15.4. The van der Waals surface area contributed by atoms with Crippen molar-refractivity contribution in [3.05, 3.63) is 47.2 Å². The van der Waals surface area contributed by atoms with Gasteiger partial charge in [-0.1, -0.05) is 17.3 Å². The number of nitrogens with zero attached hydrogens (tertiary/aromatic N) is 3. The molecule has 0 radical (unpaired) electrons. The number of hydrogen-bond acceptors (Lipinski definition) is 7. The molecule has 0 aliphatic carbocycles. The van der Waals surface area contributed by atoms with Crippen LogP contribution in [0.5, 0.6) is 0 Å². The Balaban J connectivity index is 1.74. The van der Waals surface area contributed by atoms with Gasteiger partial charge in [0.05, 0.1) is 17.9 Å². The molecule has 0 aliphatic heterocycles. The van der Waals surface area contributed by atoms with Gasteiger partial charge in [-0.05, 0) is 30.7 Å². The predicted octanol–water partition coefficient (Wildman–Crippen LogP) is 5.07. The van der Waals surface area contributed by atoms with Crippen LogP contribution in [0.4, 0.5) is 18.9 Å². The summed E-state index contributed by atoms with van der Waals surface area (Å²) in [7, 11) is 1.60. The zero-order valence-corrected chi connectivity index (χ0v) is 16.2. The number of aryl methyl sites for hydroxylation is 1. The van der Waals surface area contributed by atoms with E-state index in [4.69, 9.17) is 15.0 Å². The molecule has 0 saturated carbocycles. The van der Waals surface area contributed by atoms with Crippen LogP contribution in [0.25, 0.3) is 32.4 Å². The van der Waals surface area contributed by atoms with Gasteiger partial charge in [-0.3, -0.25) is 0 Å². The minimum atomic E-state index is -4.41. The molecule has 3 aromatic heterocycles. The summed E-state index contributed by atoms with van der Waals surface area (Å²) in [6.45, 7) is 2.25. The van der Waals surface area contributed by atoms with Gasteiger partial charge in [-0.25, -0.2) is 4.98 Å². The minimum absolute atomic E-state index is 0.173. The Bertz CT molecular complexity index is 1180. The highest BCUT2D eigenvalue weighted by atomic mass is 32.1. The standard InChI is InChI=1S/C19H15F3N4O2S/c1-9-7-11(8-27-2)13-14(23)15(29-18(13)24-9)17-25-16(26-28-17)10-3-5-12(6-4-10)19(20,21)22/h3-7H,8,23H2,1-2H3.